The maximum atomic E-state index is 12.5. The van der Waals surface area contributed by atoms with Gasteiger partial charge in [0.05, 0.1) is 6.61 Å². The quantitative estimate of drug-likeness (QED) is 0.0534. The number of carbonyl (C=O) groups is 1. The van der Waals surface area contributed by atoms with Crippen LogP contribution in [-0.2, 0) is 9.53 Å². The van der Waals surface area contributed by atoms with Gasteiger partial charge in [-0.2, -0.15) is 0 Å². The first-order chi connectivity index (χ1) is 20.7. The van der Waals surface area contributed by atoms with Gasteiger partial charge in [0.25, 0.3) is 0 Å². The molecule has 0 amide bonds. The molecule has 2 heteroatoms. The van der Waals surface area contributed by atoms with Crippen LogP contribution in [0.5, 0.6) is 0 Å². The van der Waals surface area contributed by atoms with Crippen molar-refractivity contribution in [3.8, 4) is 0 Å². The van der Waals surface area contributed by atoms with E-state index in [0.29, 0.717) is 18.9 Å². The van der Waals surface area contributed by atoms with Crippen LogP contribution in [0.3, 0.4) is 0 Å². The number of esters is 1. The molecule has 0 fully saturated rings. The maximum absolute atomic E-state index is 12.5. The molecule has 2 nitrogen and oxygen atoms in total. The molecular weight excluding hydrogens is 512 g/mol. The minimum absolute atomic E-state index is 0.0575. The van der Waals surface area contributed by atoms with Gasteiger partial charge in [-0.25, -0.2) is 0 Å². The summed E-state index contributed by atoms with van der Waals surface area (Å²) in [4.78, 5) is 12.5. The smallest absolute Gasteiger partial charge is 0.305 e. The van der Waals surface area contributed by atoms with Crippen molar-refractivity contribution in [3.63, 3.8) is 0 Å². The number of carbonyl (C=O) groups excluding carboxylic acids is 1. The van der Waals surface area contributed by atoms with Crippen molar-refractivity contribution >= 4 is 5.97 Å². The number of ether oxygens (including phenoxy) is 1. The molecule has 1 unspecified atom stereocenters. The van der Waals surface area contributed by atoms with Gasteiger partial charge in [-0.15, -0.1) is 0 Å². The van der Waals surface area contributed by atoms with E-state index < -0.39 is 0 Å². The van der Waals surface area contributed by atoms with E-state index in [4.69, 9.17) is 4.74 Å². The molecule has 0 aliphatic rings. The molecule has 0 rings (SSSR count). The molecule has 0 radical (unpaired) electrons. The van der Waals surface area contributed by atoms with Crippen LogP contribution in [0.4, 0.5) is 0 Å². The van der Waals surface area contributed by atoms with Crippen LogP contribution in [0.15, 0.2) is 0 Å². The summed E-state index contributed by atoms with van der Waals surface area (Å²) in [7, 11) is 0. The molecule has 0 saturated carbocycles. The van der Waals surface area contributed by atoms with Crippen LogP contribution in [0.1, 0.15) is 239 Å². The first-order valence-electron chi connectivity index (χ1n) is 19.9. The molecule has 252 valence electrons. The molecular formula is C40H80O2. The van der Waals surface area contributed by atoms with Gasteiger partial charge in [-0.1, -0.05) is 213 Å². The largest absolute Gasteiger partial charge is 0.465 e. The van der Waals surface area contributed by atoms with E-state index in [-0.39, 0.29) is 5.97 Å². The molecule has 1 atom stereocenters. The highest BCUT2D eigenvalue weighted by Gasteiger charge is 2.12. The summed E-state index contributed by atoms with van der Waals surface area (Å²) in [5.74, 6) is 0.636. The van der Waals surface area contributed by atoms with Crippen LogP contribution in [0.25, 0.3) is 0 Å². The Bertz CT molecular complexity index is 502. The van der Waals surface area contributed by atoms with Gasteiger partial charge in [0.15, 0.2) is 0 Å². The van der Waals surface area contributed by atoms with Gasteiger partial charge >= 0.3 is 5.97 Å². The van der Waals surface area contributed by atoms with Gasteiger partial charge in [-0.3, -0.25) is 4.79 Å². The van der Waals surface area contributed by atoms with Crippen molar-refractivity contribution in [1.29, 1.82) is 0 Å². The fraction of sp³-hybridized carbons (Fsp3) is 0.975. The summed E-state index contributed by atoms with van der Waals surface area (Å²) in [5.41, 5.74) is 0. The third kappa shape index (κ3) is 34.0. The summed E-state index contributed by atoms with van der Waals surface area (Å²) >= 11 is 0. The SMILES string of the molecule is CCCCCCCCCCCCCCCC(=O)OCC(CCCCCCCCCC)CCCCCCCCCCCC. The fourth-order valence-corrected chi connectivity index (χ4v) is 6.37. The lowest BCUT2D eigenvalue weighted by atomic mass is 9.94. The Hall–Kier alpha value is -0.530. The van der Waals surface area contributed by atoms with Gasteiger partial charge < -0.3 is 4.74 Å². The third-order valence-electron chi connectivity index (χ3n) is 9.40. The molecule has 0 aromatic rings. The van der Waals surface area contributed by atoms with Crippen molar-refractivity contribution in [2.24, 2.45) is 5.92 Å². The third-order valence-corrected chi connectivity index (χ3v) is 9.40. The average Bonchev–Trinajstić information content (AvgIpc) is 3.00. The van der Waals surface area contributed by atoms with Crippen LogP contribution in [0.2, 0.25) is 0 Å². The summed E-state index contributed by atoms with van der Waals surface area (Å²) in [5, 5.41) is 0. The lowest BCUT2D eigenvalue weighted by Gasteiger charge is -2.17. The Kier molecular flexibility index (Phi) is 36.2. The van der Waals surface area contributed by atoms with Crippen LogP contribution in [0, 0.1) is 5.92 Å². The van der Waals surface area contributed by atoms with Crippen molar-refractivity contribution in [2.75, 3.05) is 6.61 Å². The van der Waals surface area contributed by atoms with Crippen LogP contribution >= 0.6 is 0 Å². The van der Waals surface area contributed by atoms with Crippen molar-refractivity contribution in [1.82, 2.24) is 0 Å². The van der Waals surface area contributed by atoms with Gasteiger partial charge in [0, 0.05) is 6.42 Å². The Morgan fingerprint density at radius 2 is 0.643 bits per heavy atom. The van der Waals surface area contributed by atoms with Crippen molar-refractivity contribution < 1.29 is 9.53 Å². The predicted octanol–water partition coefficient (Wildman–Crippen LogP) is 14.5. The zero-order chi connectivity index (χ0) is 30.6. The Balaban J connectivity index is 3.94. The second-order valence-corrected chi connectivity index (χ2v) is 13.8. The molecule has 0 aliphatic carbocycles. The average molecular weight is 593 g/mol. The van der Waals surface area contributed by atoms with E-state index in [1.807, 2.05) is 0 Å². The fourth-order valence-electron chi connectivity index (χ4n) is 6.37. The van der Waals surface area contributed by atoms with Crippen LogP contribution in [-0.4, -0.2) is 12.6 Å². The number of unbranched alkanes of at least 4 members (excludes halogenated alkanes) is 28. The van der Waals surface area contributed by atoms with E-state index >= 15 is 0 Å². The predicted molar refractivity (Wildman–Crippen MR) is 188 cm³/mol. The molecule has 0 spiro atoms. The van der Waals surface area contributed by atoms with E-state index in [1.54, 1.807) is 0 Å². The highest BCUT2D eigenvalue weighted by Crippen LogP contribution is 2.21. The maximum Gasteiger partial charge on any atom is 0.305 e. The monoisotopic (exact) mass is 593 g/mol. The highest BCUT2D eigenvalue weighted by atomic mass is 16.5. The minimum Gasteiger partial charge on any atom is -0.465 e. The second kappa shape index (κ2) is 36.7. The standard InChI is InChI=1S/C40H80O2/c1-4-7-10-13-16-19-21-22-23-25-28-31-34-37-40(41)42-38-39(35-32-29-26-18-15-12-9-6-3)36-33-30-27-24-20-17-14-11-8-5-2/h39H,4-38H2,1-3H3. The summed E-state index contributed by atoms with van der Waals surface area (Å²) in [6.45, 7) is 7.55. The Morgan fingerprint density at radius 3 is 0.952 bits per heavy atom. The number of hydrogen-bond acceptors (Lipinski definition) is 2. The van der Waals surface area contributed by atoms with Gasteiger partial charge in [0.1, 0.15) is 0 Å². The minimum atomic E-state index is 0.0575. The van der Waals surface area contributed by atoms with Crippen molar-refractivity contribution in [3.05, 3.63) is 0 Å². The first-order valence-corrected chi connectivity index (χ1v) is 19.9. The van der Waals surface area contributed by atoms with Gasteiger partial charge in [0.2, 0.25) is 0 Å². The zero-order valence-electron chi connectivity index (χ0n) is 29.6. The normalized spacial score (nSPS) is 12.2. The highest BCUT2D eigenvalue weighted by molar-refractivity contribution is 5.69. The molecule has 0 heterocycles. The van der Waals surface area contributed by atoms with E-state index in [2.05, 4.69) is 20.8 Å². The van der Waals surface area contributed by atoms with Crippen LogP contribution < -0.4 is 0 Å². The Labute approximate surface area is 266 Å². The zero-order valence-corrected chi connectivity index (χ0v) is 29.6. The number of rotatable bonds is 36. The Morgan fingerprint density at radius 1 is 0.381 bits per heavy atom. The summed E-state index contributed by atoms with van der Waals surface area (Å²) in [6, 6.07) is 0. The second-order valence-electron chi connectivity index (χ2n) is 13.8. The molecule has 0 N–H and O–H groups in total. The topological polar surface area (TPSA) is 26.3 Å². The summed E-state index contributed by atoms with van der Waals surface area (Å²) < 4.78 is 5.84. The molecule has 0 bridgehead atoms. The number of hydrogen-bond donors (Lipinski definition) is 0. The molecule has 0 aromatic carbocycles. The van der Waals surface area contributed by atoms with E-state index in [1.165, 1.54) is 205 Å². The lowest BCUT2D eigenvalue weighted by molar-refractivity contribution is -0.145. The molecule has 0 aliphatic heterocycles. The molecule has 0 saturated heterocycles. The lowest BCUT2D eigenvalue weighted by Crippen LogP contribution is -2.14. The molecule has 0 aromatic heterocycles. The van der Waals surface area contributed by atoms with E-state index in [9.17, 15) is 4.79 Å². The van der Waals surface area contributed by atoms with Crippen molar-refractivity contribution in [2.45, 2.75) is 239 Å². The van der Waals surface area contributed by atoms with E-state index in [0.717, 1.165) is 6.42 Å². The summed E-state index contributed by atoms with van der Waals surface area (Å²) in [6.07, 6.45) is 45.5. The molecule has 42 heavy (non-hydrogen) atoms. The van der Waals surface area contributed by atoms with Gasteiger partial charge in [-0.05, 0) is 25.2 Å². The first kappa shape index (κ1) is 41.5.